The molecule has 4 nitrogen and oxygen atoms in total. The Kier molecular flexibility index (Phi) is 6.70. The van der Waals surface area contributed by atoms with Gasteiger partial charge in [0.1, 0.15) is 0 Å². The average Bonchev–Trinajstić information content (AvgIpc) is 2.56. The average molecular weight is 363 g/mol. The predicted molar refractivity (Wildman–Crippen MR) is 102 cm³/mol. The Hall–Kier alpha value is -1.98. The number of anilines is 2. The molecule has 0 fully saturated rings. The Labute approximate surface area is 151 Å². The topological polar surface area (TPSA) is 58.2 Å². The number of carbonyl (C=O) groups excluding carboxylic acids is 2. The van der Waals surface area contributed by atoms with Crippen molar-refractivity contribution >= 4 is 46.6 Å². The zero-order valence-electron chi connectivity index (χ0n) is 13.5. The van der Waals surface area contributed by atoms with Crippen molar-refractivity contribution in [3.8, 4) is 0 Å². The zero-order chi connectivity index (χ0) is 17.5. The summed E-state index contributed by atoms with van der Waals surface area (Å²) in [6.45, 7) is 3.75. The molecular weight excluding hydrogens is 344 g/mol. The van der Waals surface area contributed by atoms with Gasteiger partial charge in [-0.2, -0.15) is 0 Å². The lowest BCUT2D eigenvalue weighted by atomic mass is 10.2. The molecule has 0 aromatic heterocycles. The Bertz CT molecular complexity index is 719. The van der Waals surface area contributed by atoms with Gasteiger partial charge >= 0.3 is 0 Å². The van der Waals surface area contributed by atoms with E-state index in [0.29, 0.717) is 10.7 Å². The Balaban J connectivity index is 1.80. The number of amides is 2. The van der Waals surface area contributed by atoms with Gasteiger partial charge in [0.25, 0.3) is 0 Å². The van der Waals surface area contributed by atoms with E-state index in [1.165, 1.54) is 11.8 Å². The van der Waals surface area contributed by atoms with E-state index < -0.39 is 0 Å². The largest absolute Gasteiger partial charge is 0.325 e. The second-order valence-corrected chi connectivity index (χ2v) is 7.07. The van der Waals surface area contributed by atoms with Crippen molar-refractivity contribution in [2.24, 2.45) is 0 Å². The summed E-state index contributed by atoms with van der Waals surface area (Å²) < 4.78 is 0. The number of rotatable bonds is 6. The highest BCUT2D eigenvalue weighted by atomic mass is 35.5. The molecule has 1 atom stereocenters. The maximum atomic E-state index is 12.2. The number of hydrogen-bond acceptors (Lipinski definition) is 3. The van der Waals surface area contributed by atoms with E-state index in [2.05, 4.69) is 10.6 Å². The van der Waals surface area contributed by atoms with Crippen LogP contribution in [0.4, 0.5) is 11.4 Å². The smallest absolute Gasteiger partial charge is 0.237 e. The highest BCUT2D eigenvalue weighted by Gasteiger charge is 2.16. The minimum absolute atomic E-state index is 0.138. The van der Waals surface area contributed by atoms with Crippen LogP contribution < -0.4 is 10.6 Å². The Morgan fingerprint density at radius 2 is 1.75 bits per heavy atom. The number of halogens is 1. The van der Waals surface area contributed by atoms with E-state index in [1.807, 2.05) is 31.2 Å². The third-order valence-corrected chi connectivity index (χ3v) is 4.77. The second-order valence-electron chi connectivity index (χ2n) is 5.34. The molecule has 126 valence electrons. The molecule has 24 heavy (non-hydrogen) atoms. The van der Waals surface area contributed by atoms with Gasteiger partial charge in [0.05, 0.1) is 21.7 Å². The molecule has 0 aliphatic carbocycles. The van der Waals surface area contributed by atoms with Gasteiger partial charge in [-0.15, -0.1) is 11.8 Å². The van der Waals surface area contributed by atoms with E-state index in [9.17, 15) is 9.59 Å². The van der Waals surface area contributed by atoms with Crippen molar-refractivity contribution in [1.29, 1.82) is 0 Å². The maximum Gasteiger partial charge on any atom is 0.237 e. The molecule has 2 N–H and O–H groups in total. The number of nitrogens with one attached hydrogen (secondary N) is 2. The molecule has 0 bridgehead atoms. The maximum absolute atomic E-state index is 12.2. The van der Waals surface area contributed by atoms with Crippen LogP contribution in [0.5, 0.6) is 0 Å². The van der Waals surface area contributed by atoms with Crippen LogP contribution in [-0.4, -0.2) is 22.8 Å². The fraction of sp³-hybridized carbons (Fsp3) is 0.222. The van der Waals surface area contributed by atoms with Crippen LogP contribution in [0.2, 0.25) is 5.02 Å². The van der Waals surface area contributed by atoms with Crippen LogP contribution in [0, 0.1) is 6.92 Å². The molecule has 6 heteroatoms. The van der Waals surface area contributed by atoms with Crippen LogP contribution in [0.3, 0.4) is 0 Å². The second kappa shape index (κ2) is 8.76. The molecule has 2 aromatic rings. The molecule has 0 saturated heterocycles. The molecule has 2 amide bonds. The molecule has 0 saturated carbocycles. The van der Waals surface area contributed by atoms with Crippen LogP contribution in [0.15, 0.2) is 48.5 Å². The van der Waals surface area contributed by atoms with Gasteiger partial charge in [-0.3, -0.25) is 9.59 Å². The molecule has 0 unspecified atom stereocenters. The summed E-state index contributed by atoms with van der Waals surface area (Å²) in [7, 11) is 0. The normalized spacial score (nSPS) is 11.6. The van der Waals surface area contributed by atoms with Gasteiger partial charge in [-0.1, -0.05) is 41.4 Å². The van der Waals surface area contributed by atoms with Gasteiger partial charge in [-0.05, 0) is 38.1 Å². The molecule has 0 aliphatic rings. The van der Waals surface area contributed by atoms with Crippen molar-refractivity contribution in [3.05, 3.63) is 59.1 Å². The summed E-state index contributed by atoms with van der Waals surface area (Å²) in [5, 5.41) is 5.69. The highest BCUT2D eigenvalue weighted by Crippen LogP contribution is 2.22. The van der Waals surface area contributed by atoms with E-state index in [-0.39, 0.29) is 22.8 Å². The first-order valence-electron chi connectivity index (χ1n) is 7.49. The predicted octanol–water partition coefficient (Wildman–Crippen LogP) is 4.35. The SMILES string of the molecule is Cc1ccc(NC(=O)CS[C@H](C)C(=O)Nc2ccccc2Cl)cc1. The Morgan fingerprint density at radius 3 is 2.42 bits per heavy atom. The molecular formula is C18H19ClN2O2S. The standard InChI is InChI=1S/C18H19ClN2O2S/c1-12-7-9-14(10-8-12)20-17(22)11-24-13(2)18(23)21-16-6-4-3-5-15(16)19/h3-10,13H,11H2,1-2H3,(H,20,22)(H,21,23)/t13-/m1/s1. The fourth-order valence-electron chi connectivity index (χ4n) is 1.91. The minimum Gasteiger partial charge on any atom is -0.325 e. The lowest BCUT2D eigenvalue weighted by molar-refractivity contribution is -0.115. The third kappa shape index (κ3) is 5.58. The first kappa shape index (κ1) is 18.4. The number of aryl methyl sites for hydroxylation is 1. The van der Waals surface area contributed by atoms with E-state index >= 15 is 0 Å². The Morgan fingerprint density at radius 1 is 1.08 bits per heavy atom. The molecule has 0 spiro atoms. The summed E-state index contributed by atoms with van der Waals surface area (Å²) in [6, 6.07) is 14.6. The van der Waals surface area contributed by atoms with Crippen molar-refractivity contribution in [1.82, 2.24) is 0 Å². The van der Waals surface area contributed by atoms with Gasteiger partial charge in [0.15, 0.2) is 0 Å². The first-order valence-corrected chi connectivity index (χ1v) is 8.92. The quantitative estimate of drug-likeness (QED) is 0.803. The lowest BCUT2D eigenvalue weighted by Gasteiger charge is -2.13. The van der Waals surface area contributed by atoms with Gasteiger partial charge < -0.3 is 10.6 Å². The summed E-state index contributed by atoms with van der Waals surface area (Å²) in [6.07, 6.45) is 0. The third-order valence-electron chi connectivity index (χ3n) is 3.30. The number of hydrogen-bond donors (Lipinski definition) is 2. The van der Waals surface area contributed by atoms with Crippen LogP contribution in [0.25, 0.3) is 0 Å². The number of carbonyl (C=O) groups is 2. The first-order chi connectivity index (χ1) is 11.5. The summed E-state index contributed by atoms with van der Waals surface area (Å²) in [4.78, 5) is 24.1. The minimum atomic E-state index is -0.370. The van der Waals surface area contributed by atoms with E-state index in [0.717, 1.165) is 11.3 Å². The van der Waals surface area contributed by atoms with Crippen LogP contribution >= 0.6 is 23.4 Å². The fourth-order valence-corrected chi connectivity index (χ4v) is 2.77. The molecule has 0 radical (unpaired) electrons. The van der Waals surface area contributed by atoms with Crippen LogP contribution in [0.1, 0.15) is 12.5 Å². The number of para-hydroxylation sites is 1. The van der Waals surface area contributed by atoms with Gasteiger partial charge in [0, 0.05) is 5.69 Å². The molecule has 0 aliphatic heterocycles. The number of benzene rings is 2. The highest BCUT2D eigenvalue weighted by molar-refractivity contribution is 8.01. The van der Waals surface area contributed by atoms with Crippen molar-refractivity contribution < 1.29 is 9.59 Å². The monoisotopic (exact) mass is 362 g/mol. The summed E-state index contributed by atoms with van der Waals surface area (Å²) in [5.41, 5.74) is 2.45. The van der Waals surface area contributed by atoms with Crippen molar-refractivity contribution in [3.63, 3.8) is 0 Å². The molecule has 0 heterocycles. The van der Waals surface area contributed by atoms with E-state index in [4.69, 9.17) is 11.6 Å². The van der Waals surface area contributed by atoms with Crippen LogP contribution in [-0.2, 0) is 9.59 Å². The lowest BCUT2D eigenvalue weighted by Crippen LogP contribution is -2.25. The molecule has 2 rings (SSSR count). The van der Waals surface area contributed by atoms with Gasteiger partial charge in [0.2, 0.25) is 11.8 Å². The summed E-state index contributed by atoms with van der Waals surface area (Å²) in [5.74, 6) is -0.122. The van der Waals surface area contributed by atoms with Gasteiger partial charge in [-0.25, -0.2) is 0 Å². The number of thioether (sulfide) groups is 1. The zero-order valence-corrected chi connectivity index (χ0v) is 15.1. The molecule has 2 aromatic carbocycles. The van der Waals surface area contributed by atoms with E-state index in [1.54, 1.807) is 31.2 Å². The summed E-state index contributed by atoms with van der Waals surface area (Å²) >= 11 is 7.29. The van der Waals surface area contributed by atoms with Crippen molar-refractivity contribution in [2.45, 2.75) is 19.1 Å². The van der Waals surface area contributed by atoms with Crippen molar-refractivity contribution in [2.75, 3.05) is 16.4 Å².